The molecule has 1 aromatic heterocycles. The second-order valence-corrected chi connectivity index (χ2v) is 3.90. The fourth-order valence-corrected chi connectivity index (χ4v) is 1.84. The molecular formula is C12H21N3O. The summed E-state index contributed by atoms with van der Waals surface area (Å²) in [5.74, 6) is 1.29. The number of ether oxygens (including phenoxy) is 1. The zero-order valence-electron chi connectivity index (χ0n) is 10.6. The fraction of sp³-hybridized carbons (Fsp3) is 0.667. The summed E-state index contributed by atoms with van der Waals surface area (Å²) in [4.78, 5) is 8.81. The van der Waals surface area contributed by atoms with Crippen molar-refractivity contribution in [3.63, 3.8) is 0 Å². The highest BCUT2D eigenvalue weighted by atomic mass is 16.5. The van der Waals surface area contributed by atoms with Crippen LogP contribution < -0.4 is 5.73 Å². The van der Waals surface area contributed by atoms with Gasteiger partial charge >= 0.3 is 0 Å². The van der Waals surface area contributed by atoms with Crippen LogP contribution >= 0.6 is 0 Å². The zero-order chi connectivity index (χ0) is 12.1. The molecule has 1 aromatic rings. The van der Waals surface area contributed by atoms with E-state index in [0.717, 1.165) is 30.5 Å². The number of methoxy groups -OCH3 is 1. The molecule has 90 valence electrons. The number of aryl methyl sites for hydroxylation is 1. The quantitative estimate of drug-likeness (QED) is 0.832. The van der Waals surface area contributed by atoms with Crippen molar-refractivity contribution in [3.8, 4) is 0 Å². The second-order valence-electron chi connectivity index (χ2n) is 3.90. The van der Waals surface area contributed by atoms with Crippen molar-refractivity contribution in [2.45, 2.75) is 46.1 Å². The third-order valence-electron chi connectivity index (χ3n) is 2.74. The van der Waals surface area contributed by atoms with E-state index >= 15 is 0 Å². The minimum Gasteiger partial charge on any atom is -0.383 e. The summed E-state index contributed by atoms with van der Waals surface area (Å²) in [5, 5.41) is 0. The van der Waals surface area contributed by atoms with Gasteiger partial charge in [0.15, 0.2) is 5.82 Å². The molecule has 0 bridgehead atoms. The zero-order valence-corrected chi connectivity index (χ0v) is 10.6. The van der Waals surface area contributed by atoms with Crippen LogP contribution in [0.5, 0.6) is 0 Å². The molecule has 0 amide bonds. The van der Waals surface area contributed by atoms with E-state index in [1.807, 2.05) is 6.92 Å². The van der Waals surface area contributed by atoms with Crippen LogP contribution in [-0.2, 0) is 11.2 Å². The van der Waals surface area contributed by atoms with E-state index in [1.54, 1.807) is 7.11 Å². The van der Waals surface area contributed by atoms with Crippen LogP contribution in [0.15, 0.2) is 0 Å². The van der Waals surface area contributed by atoms with Gasteiger partial charge in [-0.3, -0.25) is 0 Å². The maximum absolute atomic E-state index is 5.91. The van der Waals surface area contributed by atoms with Crippen LogP contribution in [0.1, 0.15) is 49.9 Å². The highest BCUT2D eigenvalue weighted by Gasteiger charge is 2.15. The number of nitrogens with zero attached hydrogens (tertiary/aromatic N) is 2. The topological polar surface area (TPSA) is 61.0 Å². The molecule has 0 aliphatic heterocycles. The van der Waals surface area contributed by atoms with E-state index in [1.165, 1.54) is 0 Å². The fourth-order valence-electron chi connectivity index (χ4n) is 1.84. The number of anilines is 1. The first kappa shape index (κ1) is 12.9. The van der Waals surface area contributed by atoms with E-state index in [9.17, 15) is 0 Å². The van der Waals surface area contributed by atoms with Gasteiger partial charge in [0.05, 0.1) is 0 Å². The molecule has 0 aliphatic carbocycles. The minimum absolute atomic E-state index is 0.0445. The molecule has 1 unspecified atom stereocenters. The largest absolute Gasteiger partial charge is 0.383 e. The maximum atomic E-state index is 5.91. The van der Waals surface area contributed by atoms with Crippen LogP contribution in [0, 0.1) is 6.92 Å². The summed E-state index contributed by atoms with van der Waals surface area (Å²) in [6.45, 7) is 6.14. The van der Waals surface area contributed by atoms with Crippen LogP contribution in [0.2, 0.25) is 0 Å². The average Bonchev–Trinajstić information content (AvgIpc) is 2.25. The molecule has 2 N–H and O–H groups in total. The lowest BCUT2D eigenvalue weighted by Gasteiger charge is -2.15. The molecule has 0 fully saturated rings. The molecule has 1 rings (SSSR count). The van der Waals surface area contributed by atoms with E-state index in [0.29, 0.717) is 11.6 Å². The van der Waals surface area contributed by atoms with Crippen molar-refractivity contribution < 1.29 is 4.74 Å². The molecule has 0 saturated heterocycles. The number of nitrogen functional groups attached to an aromatic ring is 1. The number of aromatic nitrogens is 2. The number of rotatable bonds is 5. The number of nitrogens with two attached hydrogens (primary N) is 1. The molecule has 0 aliphatic rings. The van der Waals surface area contributed by atoms with Gasteiger partial charge in [0.1, 0.15) is 11.9 Å². The highest BCUT2D eigenvalue weighted by molar-refractivity contribution is 5.42. The van der Waals surface area contributed by atoms with E-state index < -0.39 is 0 Å². The van der Waals surface area contributed by atoms with Crippen LogP contribution in [0.25, 0.3) is 0 Å². The summed E-state index contributed by atoms with van der Waals surface area (Å²) in [6.07, 6.45) is 2.78. The first-order chi connectivity index (χ1) is 7.63. The van der Waals surface area contributed by atoms with E-state index in [4.69, 9.17) is 10.5 Å². The van der Waals surface area contributed by atoms with Crippen molar-refractivity contribution >= 4 is 5.82 Å². The molecule has 0 spiro atoms. The molecule has 1 atom stereocenters. The normalized spacial score (nSPS) is 12.8. The highest BCUT2D eigenvalue weighted by Crippen LogP contribution is 2.22. The Morgan fingerprint density at radius 3 is 2.44 bits per heavy atom. The molecule has 4 nitrogen and oxygen atoms in total. The average molecular weight is 223 g/mol. The first-order valence-electron chi connectivity index (χ1n) is 5.79. The third-order valence-corrected chi connectivity index (χ3v) is 2.74. The summed E-state index contributed by atoms with van der Waals surface area (Å²) >= 11 is 0. The molecular weight excluding hydrogens is 202 g/mol. The van der Waals surface area contributed by atoms with Crippen molar-refractivity contribution in [1.82, 2.24) is 9.97 Å². The van der Waals surface area contributed by atoms with Gasteiger partial charge in [-0.1, -0.05) is 20.3 Å². The van der Waals surface area contributed by atoms with Gasteiger partial charge in [0.2, 0.25) is 0 Å². The Hall–Kier alpha value is -1.16. The smallest absolute Gasteiger partial charge is 0.159 e. The Bertz CT molecular complexity index is 329. The Kier molecular flexibility index (Phi) is 4.68. The van der Waals surface area contributed by atoms with Crippen molar-refractivity contribution in [1.29, 1.82) is 0 Å². The molecule has 4 heteroatoms. The Balaban J connectivity index is 3.06. The predicted molar refractivity (Wildman–Crippen MR) is 65.2 cm³/mol. The SMILES string of the molecule is CCCC(OC)c1nc(C)c(CC)c(N)n1. The number of hydrogen-bond donors (Lipinski definition) is 1. The van der Waals surface area contributed by atoms with Crippen LogP contribution in [0.3, 0.4) is 0 Å². The lowest BCUT2D eigenvalue weighted by atomic mass is 10.1. The van der Waals surface area contributed by atoms with Gasteiger partial charge in [-0.2, -0.15) is 0 Å². The maximum Gasteiger partial charge on any atom is 0.159 e. The van der Waals surface area contributed by atoms with E-state index in [2.05, 4.69) is 23.8 Å². The summed E-state index contributed by atoms with van der Waals surface area (Å²) in [7, 11) is 1.68. The molecule has 0 aromatic carbocycles. The molecule has 16 heavy (non-hydrogen) atoms. The second kappa shape index (κ2) is 5.80. The van der Waals surface area contributed by atoms with Crippen molar-refractivity contribution in [3.05, 3.63) is 17.1 Å². The Labute approximate surface area is 97.2 Å². The molecule has 1 heterocycles. The molecule has 0 radical (unpaired) electrons. The van der Waals surface area contributed by atoms with Gasteiger partial charge in [0.25, 0.3) is 0 Å². The predicted octanol–water partition coefficient (Wildman–Crippen LogP) is 2.42. The van der Waals surface area contributed by atoms with Gasteiger partial charge < -0.3 is 10.5 Å². The first-order valence-corrected chi connectivity index (χ1v) is 5.79. The van der Waals surface area contributed by atoms with Gasteiger partial charge in [0, 0.05) is 18.4 Å². The third kappa shape index (κ3) is 2.70. The van der Waals surface area contributed by atoms with Gasteiger partial charge in [-0.25, -0.2) is 9.97 Å². The molecule has 0 saturated carbocycles. The number of hydrogen-bond acceptors (Lipinski definition) is 4. The van der Waals surface area contributed by atoms with Crippen molar-refractivity contribution in [2.75, 3.05) is 12.8 Å². The minimum atomic E-state index is -0.0445. The Morgan fingerprint density at radius 2 is 2.00 bits per heavy atom. The summed E-state index contributed by atoms with van der Waals surface area (Å²) in [5.41, 5.74) is 7.91. The van der Waals surface area contributed by atoms with Gasteiger partial charge in [-0.05, 0) is 19.8 Å². The van der Waals surface area contributed by atoms with E-state index in [-0.39, 0.29) is 6.10 Å². The summed E-state index contributed by atoms with van der Waals surface area (Å²) in [6, 6.07) is 0. The van der Waals surface area contributed by atoms with Gasteiger partial charge in [-0.15, -0.1) is 0 Å². The monoisotopic (exact) mass is 223 g/mol. The summed E-state index contributed by atoms with van der Waals surface area (Å²) < 4.78 is 5.38. The standard InChI is InChI=1S/C12H21N3O/c1-5-7-10(16-4)12-14-8(3)9(6-2)11(13)15-12/h10H,5-7H2,1-4H3,(H2,13,14,15). The van der Waals surface area contributed by atoms with Crippen molar-refractivity contribution in [2.24, 2.45) is 0 Å². The lowest BCUT2D eigenvalue weighted by molar-refractivity contribution is 0.0875. The lowest BCUT2D eigenvalue weighted by Crippen LogP contribution is -2.12. The Morgan fingerprint density at radius 1 is 1.31 bits per heavy atom. The van der Waals surface area contributed by atoms with Crippen LogP contribution in [0.4, 0.5) is 5.82 Å². The van der Waals surface area contributed by atoms with Crippen LogP contribution in [-0.4, -0.2) is 17.1 Å².